The number of thioether (sulfide) groups is 1. The van der Waals surface area contributed by atoms with Crippen molar-refractivity contribution in [3.63, 3.8) is 0 Å². The monoisotopic (exact) mass is 287 g/mol. The fourth-order valence-corrected chi connectivity index (χ4v) is 2.67. The van der Waals surface area contributed by atoms with Crippen LogP contribution in [0.4, 0.5) is 5.00 Å². The predicted molar refractivity (Wildman–Crippen MR) is 76.5 cm³/mol. The van der Waals surface area contributed by atoms with Gasteiger partial charge in [0.25, 0.3) is 0 Å². The minimum Gasteiger partial charge on any atom is -0.480 e. The first-order valence-electron chi connectivity index (χ1n) is 5.61. The smallest absolute Gasteiger partial charge is 0.319 e. The highest BCUT2D eigenvalue weighted by Crippen LogP contribution is 2.26. The molecule has 100 valence electrons. The van der Waals surface area contributed by atoms with Gasteiger partial charge in [-0.05, 0) is 32.4 Å². The first-order valence-corrected chi connectivity index (χ1v) is 7.41. The van der Waals surface area contributed by atoms with Gasteiger partial charge in [0, 0.05) is 4.88 Å². The average molecular weight is 287 g/mol. The molecule has 0 aliphatic rings. The predicted octanol–water partition coefficient (Wildman–Crippen LogP) is 2.85. The summed E-state index contributed by atoms with van der Waals surface area (Å²) in [5, 5.41) is 12.5. The van der Waals surface area contributed by atoms with E-state index in [0.29, 0.717) is 0 Å². The maximum Gasteiger partial charge on any atom is 0.319 e. The van der Waals surface area contributed by atoms with Crippen molar-refractivity contribution in [2.45, 2.75) is 31.9 Å². The van der Waals surface area contributed by atoms with Crippen molar-refractivity contribution in [2.75, 3.05) is 11.1 Å². The van der Waals surface area contributed by atoms with Crippen LogP contribution in [0.1, 0.15) is 25.6 Å². The fraction of sp³-hybridized carbons (Fsp3) is 0.500. The van der Waals surface area contributed by atoms with Gasteiger partial charge < -0.3 is 10.4 Å². The van der Waals surface area contributed by atoms with Gasteiger partial charge in [-0.15, -0.1) is 23.1 Å². The van der Waals surface area contributed by atoms with Crippen molar-refractivity contribution >= 4 is 40.0 Å². The molecule has 4 nitrogen and oxygen atoms in total. The third-order valence-corrected chi connectivity index (χ3v) is 4.80. The van der Waals surface area contributed by atoms with Gasteiger partial charge in [0.2, 0.25) is 5.91 Å². The van der Waals surface area contributed by atoms with Crippen molar-refractivity contribution in [3.8, 4) is 0 Å². The van der Waals surface area contributed by atoms with Gasteiger partial charge in [0.1, 0.15) is 4.75 Å². The van der Waals surface area contributed by atoms with E-state index in [2.05, 4.69) is 12.2 Å². The molecule has 0 bridgehead atoms. The Morgan fingerprint density at radius 3 is 2.61 bits per heavy atom. The molecule has 18 heavy (non-hydrogen) atoms. The number of amides is 1. The number of carbonyl (C=O) groups is 2. The van der Waals surface area contributed by atoms with Gasteiger partial charge in [0.15, 0.2) is 0 Å². The molecule has 0 spiro atoms. The maximum absolute atomic E-state index is 11.7. The molecule has 0 aromatic carbocycles. The third-order valence-electron chi connectivity index (χ3n) is 2.35. The number of hydrogen-bond acceptors (Lipinski definition) is 4. The van der Waals surface area contributed by atoms with Gasteiger partial charge in [-0.3, -0.25) is 9.59 Å². The highest BCUT2D eigenvalue weighted by molar-refractivity contribution is 8.02. The van der Waals surface area contributed by atoms with Crippen molar-refractivity contribution < 1.29 is 14.7 Å². The zero-order chi connectivity index (χ0) is 13.8. The van der Waals surface area contributed by atoms with Crippen LogP contribution >= 0.6 is 23.1 Å². The standard InChI is InChI=1S/C12H17NO3S2/c1-4-8-5-6-10(18-8)13-9(14)7-17-12(2,3)11(15)16/h5-6H,4,7H2,1-3H3,(H,13,14)(H,15,16). The summed E-state index contributed by atoms with van der Waals surface area (Å²) in [6, 6.07) is 3.85. The van der Waals surface area contributed by atoms with E-state index in [4.69, 9.17) is 5.11 Å². The molecular formula is C12H17NO3S2. The fourth-order valence-electron chi connectivity index (χ4n) is 1.12. The molecule has 0 radical (unpaired) electrons. The summed E-state index contributed by atoms with van der Waals surface area (Å²) in [6.45, 7) is 5.24. The van der Waals surface area contributed by atoms with Crippen LogP contribution in [0.25, 0.3) is 0 Å². The van der Waals surface area contributed by atoms with Crippen molar-refractivity contribution in [2.24, 2.45) is 0 Å². The summed E-state index contributed by atoms with van der Waals surface area (Å²) in [5.41, 5.74) is 0. The Morgan fingerprint density at radius 2 is 2.11 bits per heavy atom. The second-order valence-corrected chi connectivity index (χ2v) is 7.04. The Hall–Kier alpha value is -1.01. The second-order valence-electron chi connectivity index (χ2n) is 4.27. The Kier molecular flexibility index (Phi) is 5.22. The summed E-state index contributed by atoms with van der Waals surface area (Å²) in [6.07, 6.45) is 0.946. The molecule has 1 aromatic heterocycles. The molecule has 0 saturated carbocycles. The number of carboxylic acids is 1. The summed E-state index contributed by atoms with van der Waals surface area (Å²) < 4.78 is -0.943. The minimum atomic E-state index is -0.943. The Labute approximate surface area is 115 Å². The summed E-state index contributed by atoms with van der Waals surface area (Å²) in [5.74, 6) is -0.943. The van der Waals surface area contributed by atoms with Crippen LogP contribution in [0.5, 0.6) is 0 Å². The lowest BCUT2D eigenvalue weighted by molar-refractivity contribution is -0.138. The lowest BCUT2D eigenvalue weighted by Gasteiger charge is -2.17. The summed E-state index contributed by atoms with van der Waals surface area (Å²) in [4.78, 5) is 23.8. The molecule has 1 aromatic rings. The number of aryl methyl sites for hydroxylation is 1. The Bertz CT molecular complexity index is 440. The zero-order valence-corrected chi connectivity index (χ0v) is 12.3. The quantitative estimate of drug-likeness (QED) is 0.844. The molecule has 0 aliphatic heterocycles. The molecule has 2 N–H and O–H groups in total. The maximum atomic E-state index is 11.7. The number of carboxylic acid groups (broad SMARTS) is 1. The van der Waals surface area contributed by atoms with E-state index >= 15 is 0 Å². The number of thiophene rings is 1. The molecular weight excluding hydrogens is 270 g/mol. The number of rotatable bonds is 6. The van der Waals surface area contributed by atoms with E-state index in [9.17, 15) is 9.59 Å². The number of nitrogens with one attached hydrogen (secondary N) is 1. The van der Waals surface area contributed by atoms with Gasteiger partial charge >= 0.3 is 5.97 Å². The zero-order valence-electron chi connectivity index (χ0n) is 10.6. The van der Waals surface area contributed by atoms with Crippen LogP contribution in [0.2, 0.25) is 0 Å². The first-order chi connectivity index (χ1) is 8.35. The molecule has 1 amide bonds. The van der Waals surface area contributed by atoms with E-state index in [-0.39, 0.29) is 11.7 Å². The molecule has 6 heteroatoms. The number of hydrogen-bond donors (Lipinski definition) is 2. The molecule has 1 rings (SSSR count). The van der Waals surface area contributed by atoms with E-state index in [0.717, 1.165) is 23.2 Å². The third kappa shape index (κ3) is 4.34. The normalized spacial score (nSPS) is 11.3. The van der Waals surface area contributed by atoms with Crippen molar-refractivity contribution in [1.82, 2.24) is 0 Å². The first kappa shape index (κ1) is 15.0. The topological polar surface area (TPSA) is 66.4 Å². The van der Waals surface area contributed by atoms with Crippen molar-refractivity contribution in [1.29, 1.82) is 0 Å². The van der Waals surface area contributed by atoms with Crippen LogP contribution in [-0.2, 0) is 16.0 Å². The van der Waals surface area contributed by atoms with Gasteiger partial charge in [-0.1, -0.05) is 6.92 Å². The highest BCUT2D eigenvalue weighted by Gasteiger charge is 2.28. The Balaban J connectivity index is 2.45. The number of carbonyl (C=O) groups excluding carboxylic acids is 1. The number of anilines is 1. The van der Waals surface area contributed by atoms with E-state index in [1.54, 1.807) is 25.2 Å². The van der Waals surface area contributed by atoms with E-state index < -0.39 is 10.7 Å². The SMILES string of the molecule is CCc1ccc(NC(=O)CSC(C)(C)C(=O)O)s1. The molecule has 1 heterocycles. The highest BCUT2D eigenvalue weighted by atomic mass is 32.2. The van der Waals surface area contributed by atoms with Crippen LogP contribution in [0.3, 0.4) is 0 Å². The van der Waals surface area contributed by atoms with E-state index in [1.807, 2.05) is 12.1 Å². The van der Waals surface area contributed by atoms with E-state index in [1.165, 1.54) is 4.88 Å². The molecule has 0 fully saturated rings. The lowest BCUT2D eigenvalue weighted by Crippen LogP contribution is -2.29. The van der Waals surface area contributed by atoms with Crippen LogP contribution in [-0.4, -0.2) is 27.5 Å². The molecule has 0 aliphatic carbocycles. The van der Waals surface area contributed by atoms with Gasteiger partial charge in [-0.25, -0.2) is 0 Å². The molecule has 0 saturated heterocycles. The van der Waals surface area contributed by atoms with Crippen LogP contribution < -0.4 is 5.32 Å². The average Bonchev–Trinajstić information content (AvgIpc) is 2.74. The minimum absolute atomic E-state index is 0.138. The Morgan fingerprint density at radius 1 is 1.44 bits per heavy atom. The largest absolute Gasteiger partial charge is 0.480 e. The lowest BCUT2D eigenvalue weighted by atomic mass is 10.2. The van der Waals surface area contributed by atoms with Gasteiger partial charge in [0.05, 0.1) is 10.8 Å². The second kappa shape index (κ2) is 6.24. The molecule has 0 unspecified atom stereocenters. The van der Waals surface area contributed by atoms with Gasteiger partial charge in [-0.2, -0.15) is 0 Å². The van der Waals surface area contributed by atoms with Crippen LogP contribution in [0, 0.1) is 0 Å². The summed E-state index contributed by atoms with van der Waals surface area (Å²) >= 11 is 2.66. The van der Waals surface area contributed by atoms with Crippen molar-refractivity contribution in [3.05, 3.63) is 17.0 Å². The molecule has 0 atom stereocenters. The van der Waals surface area contributed by atoms with Crippen LogP contribution in [0.15, 0.2) is 12.1 Å². The summed E-state index contributed by atoms with van der Waals surface area (Å²) in [7, 11) is 0. The number of aliphatic carboxylic acids is 1.